The van der Waals surface area contributed by atoms with E-state index in [0.717, 1.165) is 29.0 Å². The van der Waals surface area contributed by atoms with Crippen molar-refractivity contribution in [3.63, 3.8) is 0 Å². The van der Waals surface area contributed by atoms with Gasteiger partial charge in [0, 0.05) is 48.8 Å². The molecule has 15 heteroatoms. The van der Waals surface area contributed by atoms with Crippen LogP contribution in [0.5, 0.6) is 11.5 Å². The molecule has 0 aromatic heterocycles. The molecule has 3 aromatic rings. The molecule has 3 rings (SSSR count). The van der Waals surface area contributed by atoms with Crippen LogP contribution in [-0.2, 0) is 44.6 Å². The van der Waals surface area contributed by atoms with Crippen LogP contribution in [0.25, 0.3) is 10.8 Å². The molecular formula is C34H40N3O10PS. The predicted octanol–water partition coefficient (Wildman–Crippen LogP) is 5.10. The molecule has 0 amide bonds. The number of ether oxygens (including phenoxy) is 4. The van der Waals surface area contributed by atoms with Gasteiger partial charge >= 0.3 is 11.9 Å². The zero-order valence-corrected chi connectivity index (χ0v) is 29.4. The smallest absolute Gasteiger partial charge is 0.323 e. The number of methoxy groups -OCH3 is 3. The lowest BCUT2D eigenvalue weighted by Gasteiger charge is -2.18. The van der Waals surface area contributed by atoms with Gasteiger partial charge in [0.05, 0.1) is 51.6 Å². The highest BCUT2D eigenvalue weighted by Crippen LogP contribution is 2.48. The zero-order chi connectivity index (χ0) is 35.9. The Morgan fingerprint density at radius 2 is 1.59 bits per heavy atom. The molecule has 0 heterocycles. The lowest BCUT2D eigenvalue weighted by molar-refractivity contribution is -0.144. The summed E-state index contributed by atoms with van der Waals surface area (Å²) in [5, 5.41) is 19.4. The molecule has 262 valence electrons. The van der Waals surface area contributed by atoms with Crippen molar-refractivity contribution in [3.8, 4) is 23.6 Å². The van der Waals surface area contributed by atoms with Gasteiger partial charge in [0.15, 0.2) is 0 Å². The maximum atomic E-state index is 13.1. The molecule has 0 saturated carbocycles. The van der Waals surface area contributed by atoms with Crippen molar-refractivity contribution in [3.05, 3.63) is 65.7 Å². The molecule has 0 fully saturated rings. The third kappa shape index (κ3) is 11.3. The molecule has 1 atom stereocenters. The highest BCUT2D eigenvalue weighted by molar-refractivity contribution is 7.89. The second-order valence-corrected chi connectivity index (χ2v) is 15.3. The highest BCUT2D eigenvalue weighted by atomic mass is 32.2. The van der Waals surface area contributed by atoms with Gasteiger partial charge in [-0.15, -0.1) is 0 Å². The Labute approximate surface area is 286 Å². The molecule has 3 aromatic carbocycles. The summed E-state index contributed by atoms with van der Waals surface area (Å²) in [5.74, 6) is -0.183. The van der Waals surface area contributed by atoms with E-state index < -0.39 is 35.4 Å². The van der Waals surface area contributed by atoms with Crippen LogP contribution >= 0.6 is 7.37 Å². The molecular weight excluding hydrogens is 673 g/mol. The molecule has 1 N–H and O–H groups in total. The second kappa shape index (κ2) is 18.9. The van der Waals surface area contributed by atoms with E-state index in [1.807, 2.05) is 42.5 Å². The number of carbonyl (C=O) groups excluding carboxylic acids is 2. The van der Waals surface area contributed by atoms with Crippen molar-refractivity contribution in [2.75, 3.05) is 46.9 Å². The van der Waals surface area contributed by atoms with Gasteiger partial charge in [0.2, 0.25) is 17.4 Å². The van der Waals surface area contributed by atoms with Crippen LogP contribution < -0.4 is 14.2 Å². The monoisotopic (exact) mass is 713 g/mol. The Morgan fingerprint density at radius 1 is 0.898 bits per heavy atom. The summed E-state index contributed by atoms with van der Waals surface area (Å²) in [5.41, 5.74) is 1.69. The Hall–Kier alpha value is -4.46. The fourth-order valence-corrected chi connectivity index (χ4v) is 8.05. The van der Waals surface area contributed by atoms with E-state index in [4.69, 9.17) is 29.3 Å². The molecule has 0 bridgehead atoms. The van der Waals surface area contributed by atoms with Crippen molar-refractivity contribution < 1.29 is 46.0 Å². The van der Waals surface area contributed by atoms with Crippen molar-refractivity contribution in [2.24, 2.45) is 0 Å². The quantitative estimate of drug-likeness (QED) is 0.0927. The summed E-state index contributed by atoms with van der Waals surface area (Å²) in [6.45, 7) is 0.392. The van der Waals surface area contributed by atoms with E-state index in [9.17, 15) is 22.6 Å². The van der Waals surface area contributed by atoms with E-state index in [-0.39, 0.29) is 56.1 Å². The number of esters is 2. The largest absolute Gasteiger partial charge is 0.496 e. The minimum absolute atomic E-state index is 0.0705. The minimum Gasteiger partial charge on any atom is -0.496 e. The lowest BCUT2D eigenvalue weighted by atomic mass is 9.97. The number of nitrogens with one attached hydrogen (secondary N) is 1. The molecule has 0 aliphatic carbocycles. The summed E-state index contributed by atoms with van der Waals surface area (Å²) >= 11 is 0. The average Bonchev–Trinajstić information content (AvgIpc) is 3.11. The number of sulfonamides is 1. The molecule has 0 saturated heterocycles. The summed E-state index contributed by atoms with van der Waals surface area (Å²) in [4.78, 5) is 23.7. The summed E-state index contributed by atoms with van der Waals surface area (Å²) < 4.78 is 68.3. The number of hydrogen-bond acceptors (Lipinski definition) is 12. The minimum atomic E-state index is -4.14. The van der Waals surface area contributed by atoms with E-state index >= 15 is 0 Å². The van der Waals surface area contributed by atoms with Crippen LogP contribution in [0.1, 0.15) is 43.2 Å². The van der Waals surface area contributed by atoms with Crippen LogP contribution in [0.3, 0.4) is 0 Å². The third-order valence-electron chi connectivity index (χ3n) is 7.55. The molecule has 0 spiro atoms. The van der Waals surface area contributed by atoms with E-state index in [2.05, 4.69) is 9.46 Å². The first-order chi connectivity index (χ1) is 23.5. The average molecular weight is 714 g/mol. The number of fused-ring (bicyclic) bond motifs is 1. The van der Waals surface area contributed by atoms with Gasteiger partial charge in [-0.2, -0.15) is 15.2 Å². The first-order valence-electron chi connectivity index (χ1n) is 15.4. The predicted molar refractivity (Wildman–Crippen MR) is 181 cm³/mol. The van der Waals surface area contributed by atoms with Gasteiger partial charge in [-0.1, -0.05) is 30.3 Å². The maximum Gasteiger partial charge on any atom is 0.323 e. The maximum absolute atomic E-state index is 13.1. The van der Waals surface area contributed by atoms with Gasteiger partial charge in [-0.3, -0.25) is 14.2 Å². The molecule has 0 radical (unpaired) electrons. The Kier molecular flexibility index (Phi) is 15.0. The standard InChI is InChI=1S/C34H40N3O10PS/c1-43-30-16-12-26(24-25-10-13-27(14-11-25)49(41,42)37-29(34(39)45-3)15-17-32(38)44-2)33-28(30)8-4-9-31(33)46-20-7-21-47-48(40,22-5-18-35)23-6-19-36/h4,8-14,16,29,37H,5-7,15,17,20-24H2,1-3H3. The van der Waals surface area contributed by atoms with E-state index in [1.54, 1.807) is 19.2 Å². The van der Waals surface area contributed by atoms with Crippen molar-refractivity contribution >= 4 is 40.1 Å². The van der Waals surface area contributed by atoms with Crippen LogP contribution in [0.4, 0.5) is 0 Å². The SMILES string of the molecule is COC(=O)CCC(NS(=O)(=O)c1ccc(Cc2ccc(OC)c3cccc(OCCCOP(=O)(CCC#N)CCC#N)c23)cc1)C(=O)OC. The Bertz CT molecular complexity index is 1810. The third-order valence-corrected chi connectivity index (χ3v) is 11.5. The van der Waals surface area contributed by atoms with E-state index in [1.165, 1.54) is 19.2 Å². The molecule has 0 aliphatic heterocycles. The number of rotatable bonds is 20. The van der Waals surface area contributed by atoms with Crippen LogP contribution in [-0.4, -0.2) is 73.3 Å². The summed E-state index contributed by atoms with van der Waals surface area (Å²) in [6, 6.07) is 18.2. The fourth-order valence-electron chi connectivity index (χ4n) is 5.01. The summed E-state index contributed by atoms with van der Waals surface area (Å²) in [6.07, 6.45) is 0.907. The highest BCUT2D eigenvalue weighted by Gasteiger charge is 2.27. The number of hydrogen-bond donors (Lipinski definition) is 1. The molecule has 49 heavy (non-hydrogen) atoms. The number of benzene rings is 3. The molecule has 0 aliphatic rings. The van der Waals surface area contributed by atoms with Crippen molar-refractivity contribution in [2.45, 2.75) is 49.5 Å². The van der Waals surface area contributed by atoms with Gasteiger partial charge in [-0.25, -0.2) is 8.42 Å². The topological polar surface area (TPSA) is 191 Å². The molecule has 1 unspecified atom stereocenters. The van der Waals surface area contributed by atoms with Crippen LogP contribution in [0.15, 0.2) is 59.5 Å². The lowest BCUT2D eigenvalue weighted by Crippen LogP contribution is -2.41. The van der Waals surface area contributed by atoms with Gasteiger partial charge in [0.25, 0.3) is 0 Å². The Balaban J connectivity index is 1.77. The zero-order valence-electron chi connectivity index (χ0n) is 27.7. The first-order valence-corrected chi connectivity index (χ1v) is 18.9. The second-order valence-electron chi connectivity index (χ2n) is 10.9. The summed E-state index contributed by atoms with van der Waals surface area (Å²) in [7, 11) is -3.33. The van der Waals surface area contributed by atoms with E-state index in [0.29, 0.717) is 24.3 Å². The van der Waals surface area contributed by atoms with Gasteiger partial charge < -0.3 is 23.5 Å². The number of nitrogens with zero attached hydrogens (tertiary/aromatic N) is 2. The van der Waals surface area contributed by atoms with Crippen LogP contribution in [0, 0.1) is 22.7 Å². The Morgan fingerprint density at radius 3 is 2.20 bits per heavy atom. The fraction of sp³-hybridized carbons (Fsp3) is 0.412. The first kappa shape index (κ1) is 39.0. The number of carbonyl (C=O) groups is 2. The number of nitriles is 2. The van der Waals surface area contributed by atoms with Crippen molar-refractivity contribution in [1.82, 2.24) is 4.72 Å². The normalized spacial score (nSPS) is 12.0. The van der Waals surface area contributed by atoms with Gasteiger partial charge in [0.1, 0.15) is 17.5 Å². The van der Waals surface area contributed by atoms with Crippen LogP contribution in [0.2, 0.25) is 0 Å². The van der Waals surface area contributed by atoms with Crippen molar-refractivity contribution in [1.29, 1.82) is 10.5 Å². The molecule has 13 nitrogen and oxygen atoms in total. The van der Waals surface area contributed by atoms with Gasteiger partial charge in [-0.05, 0) is 48.2 Å².